The molecule has 0 unspecified atom stereocenters. The van der Waals surface area contributed by atoms with Gasteiger partial charge in [0.1, 0.15) is 10.4 Å². The quantitative estimate of drug-likeness (QED) is 0.788. The number of nitrogens with one attached hydrogen (secondary N) is 1. The van der Waals surface area contributed by atoms with E-state index in [9.17, 15) is 4.39 Å². The minimum atomic E-state index is -0.265. The van der Waals surface area contributed by atoms with Gasteiger partial charge in [0.25, 0.3) is 0 Å². The molecule has 5 nitrogen and oxygen atoms in total. The molecule has 0 fully saturated rings. The number of rotatable bonds is 2. The fourth-order valence-electron chi connectivity index (χ4n) is 1.65. The summed E-state index contributed by atoms with van der Waals surface area (Å²) in [4.78, 5) is 8.53. The van der Waals surface area contributed by atoms with Crippen LogP contribution in [-0.2, 0) is 6.42 Å². The lowest BCUT2D eigenvalue weighted by atomic mass is 10.1. The van der Waals surface area contributed by atoms with Crippen LogP contribution in [0.5, 0.6) is 0 Å². The maximum atomic E-state index is 13.1. The topological polar surface area (TPSA) is 67.3 Å². The van der Waals surface area contributed by atoms with Crippen LogP contribution in [-0.4, -0.2) is 25.4 Å². The molecular weight excluding hydrogens is 301 g/mol. The summed E-state index contributed by atoms with van der Waals surface area (Å²) in [7, 11) is 0. The zero-order valence-electron chi connectivity index (χ0n) is 9.06. The van der Waals surface area contributed by atoms with Crippen molar-refractivity contribution in [3.8, 4) is 0 Å². The molecule has 0 aliphatic rings. The Morgan fingerprint density at radius 3 is 2.72 bits per heavy atom. The average molecular weight is 308 g/mol. The van der Waals surface area contributed by atoms with Gasteiger partial charge in [0.15, 0.2) is 0 Å². The maximum Gasteiger partial charge on any atom is 0.221 e. The molecule has 7 heteroatoms. The van der Waals surface area contributed by atoms with Gasteiger partial charge in [-0.25, -0.2) is 14.4 Å². The van der Waals surface area contributed by atoms with Crippen molar-refractivity contribution in [3.05, 3.63) is 45.9 Å². The van der Waals surface area contributed by atoms with Gasteiger partial charge in [-0.2, -0.15) is 5.21 Å². The van der Waals surface area contributed by atoms with Crippen LogP contribution in [0.3, 0.4) is 0 Å². The molecule has 0 radical (unpaired) electrons. The molecule has 0 atom stereocenters. The largest absolute Gasteiger partial charge is 0.226 e. The first-order valence-electron chi connectivity index (χ1n) is 5.20. The normalized spacial score (nSPS) is 11.0. The van der Waals surface area contributed by atoms with E-state index in [2.05, 4.69) is 41.3 Å². The van der Waals surface area contributed by atoms with Crippen molar-refractivity contribution in [3.63, 3.8) is 0 Å². The number of H-pyrrole nitrogens is 1. The Hall–Kier alpha value is -1.89. The van der Waals surface area contributed by atoms with Gasteiger partial charge in [0.2, 0.25) is 11.3 Å². The molecular formula is C11H7BrFN5. The predicted octanol–water partition coefficient (Wildman–Crippen LogP) is 2.24. The molecule has 0 saturated carbocycles. The van der Waals surface area contributed by atoms with Crippen LogP contribution in [0.2, 0.25) is 0 Å². The minimum Gasteiger partial charge on any atom is -0.226 e. The first kappa shape index (κ1) is 11.2. The average Bonchev–Trinajstić information content (AvgIpc) is 2.76. The molecule has 3 rings (SSSR count). The lowest BCUT2D eigenvalue weighted by molar-refractivity contribution is 0.626. The van der Waals surface area contributed by atoms with Crippen LogP contribution in [0.25, 0.3) is 11.3 Å². The van der Waals surface area contributed by atoms with E-state index in [0.29, 0.717) is 28.0 Å². The van der Waals surface area contributed by atoms with Gasteiger partial charge in [0, 0.05) is 6.42 Å². The van der Waals surface area contributed by atoms with Crippen molar-refractivity contribution >= 4 is 27.2 Å². The Labute approximate surface area is 110 Å². The van der Waals surface area contributed by atoms with Gasteiger partial charge in [0.05, 0.1) is 5.69 Å². The van der Waals surface area contributed by atoms with Crippen LogP contribution in [0.4, 0.5) is 4.39 Å². The number of aromatic amines is 1. The Kier molecular flexibility index (Phi) is 2.75. The van der Waals surface area contributed by atoms with Crippen LogP contribution < -0.4 is 0 Å². The van der Waals surface area contributed by atoms with Crippen molar-refractivity contribution < 1.29 is 4.39 Å². The third-order valence-corrected chi connectivity index (χ3v) is 3.09. The third kappa shape index (κ3) is 2.08. The van der Waals surface area contributed by atoms with E-state index < -0.39 is 0 Å². The molecule has 0 aliphatic heterocycles. The van der Waals surface area contributed by atoms with E-state index in [1.165, 1.54) is 12.1 Å². The summed E-state index contributed by atoms with van der Waals surface area (Å²) >= 11 is 3.33. The van der Waals surface area contributed by atoms with Gasteiger partial charge in [-0.3, -0.25) is 0 Å². The van der Waals surface area contributed by atoms with Crippen molar-refractivity contribution in [2.75, 3.05) is 0 Å². The molecule has 0 amide bonds. The fourth-order valence-corrected chi connectivity index (χ4v) is 2.05. The molecule has 2 aromatic heterocycles. The van der Waals surface area contributed by atoms with Crippen LogP contribution in [0.15, 0.2) is 28.9 Å². The molecule has 3 aromatic rings. The summed E-state index contributed by atoms with van der Waals surface area (Å²) in [6, 6.07) is 6.39. The lowest BCUT2D eigenvalue weighted by Crippen LogP contribution is -1.97. The number of benzene rings is 1. The molecule has 0 spiro atoms. The second kappa shape index (κ2) is 4.41. The highest BCUT2D eigenvalue weighted by Crippen LogP contribution is 2.18. The zero-order valence-corrected chi connectivity index (χ0v) is 10.6. The second-order valence-corrected chi connectivity index (χ2v) is 4.49. The molecule has 0 aliphatic carbocycles. The Bertz CT molecular complexity index is 711. The number of halogens is 2. The number of fused-ring (bicyclic) bond motifs is 1. The molecule has 1 aromatic carbocycles. The van der Waals surface area contributed by atoms with Gasteiger partial charge in [-0.1, -0.05) is 12.1 Å². The van der Waals surface area contributed by atoms with Crippen molar-refractivity contribution in [2.24, 2.45) is 0 Å². The zero-order chi connectivity index (χ0) is 12.5. The van der Waals surface area contributed by atoms with Gasteiger partial charge >= 0.3 is 0 Å². The SMILES string of the molecule is Fc1cccc(Cc2nc3n[nH]nc3nc2Br)c1. The van der Waals surface area contributed by atoms with E-state index >= 15 is 0 Å². The number of hydrogen-bond donors (Lipinski definition) is 1. The van der Waals surface area contributed by atoms with E-state index in [-0.39, 0.29) is 5.82 Å². The lowest BCUT2D eigenvalue weighted by Gasteiger charge is -2.03. The van der Waals surface area contributed by atoms with Crippen molar-refractivity contribution in [2.45, 2.75) is 6.42 Å². The molecule has 2 heterocycles. The van der Waals surface area contributed by atoms with E-state index in [1.54, 1.807) is 6.07 Å². The molecule has 18 heavy (non-hydrogen) atoms. The summed E-state index contributed by atoms with van der Waals surface area (Å²) in [5.74, 6) is -0.265. The summed E-state index contributed by atoms with van der Waals surface area (Å²) in [6.07, 6.45) is 0.480. The number of nitrogens with zero attached hydrogens (tertiary/aromatic N) is 4. The number of aromatic nitrogens is 5. The van der Waals surface area contributed by atoms with Crippen molar-refractivity contribution in [1.29, 1.82) is 0 Å². The van der Waals surface area contributed by atoms with Crippen LogP contribution in [0, 0.1) is 5.82 Å². The molecule has 0 bridgehead atoms. The summed E-state index contributed by atoms with van der Waals surface area (Å²) < 4.78 is 13.7. The standard InChI is InChI=1S/C11H7BrFN5/c12-9-8(5-6-2-1-3-7(13)4-6)14-10-11(15-9)17-18-16-10/h1-4H,5H2,(H,14,15,16,17,18). The fraction of sp³-hybridized carbons (Fsp3) is 0.0909. The maximum absolute atomic E-state index is 13.1. The Morgan fingerprint density at radius 1 is 1.17 bits per heavy atom. The van der Waals surface area contributed by atoms with Gasteiger partial charge < -0.3 is 0 Å². The van der Waals surface area contributed by atoms with Crippen LogP contribution in [0.1, 0.15) is 11.3 Å². The molecule has 0 saturated heterocycles. The first-order chi connectivity index (χ1) is 8.72. The van der Waals surface area contributed by atoms with Gasteiger partial charge in [-0.15, -0.1) is 10.2 Å². The Morgan fingerprint density at radius 2 is 1.94 bits per heavy atom. The third-order valence-electron chi connectivity index (χ3n) is 2.46. The van der Waals surface area contributed by atoms with E-state index in [0.717, 1.165) is 5.56 Å². The minimum absolute atomic E-state index is 0.265. The smallest absolute Gasteiger partial charge is 0.221 e. The van der Waals surface area contributed by atoms with Gasteiger partial charge in [-0.05, 0) is 33.6 Å². The second-order valence-electron chi connectivity index (χ2n) is 3.74. The summed E-state index contributed by atoms with van der Waals surface area (Å²) in [5.41, 5.74) is 2.42. The molecule has 90 valence electrons. The molecule has 1 N–H and O–H groups in total. The highest BCUT2D eigenvalue weighted by Gasteiger charge is 2.10. The highest BCUT2D eigenvalue weighted by atomic mass is 79.9. The highest BCUT2D eigenvalue weighted by molar-refractivity contribution is 9.10. The summed E-state index contributed by atoms with van der Waals surface area (Å²) in [6.45, 7) is 0. The van der Waals surface area contributed by atoms with E-state index in [1.807, 2.05) is 6.07 Å². The van der Waals surface area contributed by atoms with Crippen molar-refractivity contribution in [1.82, 2.24) is 25.4 Å². The predicted molar refractivity (Wildman–Crippen MR) is 66.4 cm³/mol. The Balaban J connectivity index is 2.01. The first-order valence-corrected chi connectivity index (χ1v) is 5.99. The monoisotopic (exact) mass is 307 g/mol. The summed E-state index contributed by atoms with van der Waals surface area (Å²) in [5, 5.41) is 10.2. The van der Waals surface area contributed by atoms with E-state index in [4.69, 9.17) is 0 Å². The number of hydrogen-bond acceptors (Lipinski definition) is 4. The van der Waals surface area contributed by atoms with Crippen LogP contribution >= 0.6 is 15.9 Å².